The molecule has 1 aromatic carbocycles. The van der Waals surface area contributed by atoms with Gasteiger partial charge in [0.15, 0.2) is 0 Å². The molecule has 1 aromatic heterocycles. The molecule has 0 unspecified atom stereocenters. The Bertz CT molecular complexity index is 963. The molecule has 1 aliphatic carbocycles. The topological polar surface area (TPSA) is 57.0 Å². The Morgan fingerprint density at radius 1 is 1.14 bits per heavy atom. The van der Waals surface area contributed by atoms with Crippen LogP contribution in [-0.2, 0) is 17.6 Å². The predicted octanol–water partition coefficient (Wildman–Crippen LogP) is 5.26. The SMILES string of the molecule is N#Cc1c(SCC(=O)N2CCCCC2)nc(-c2cccc(Cl)c2)c2c1CCCC2. The number of nitrogens with zero attached hydrogens (tertiary/aromatic N) is 3. The molecule has 2 heterocycles. The van der Waals surface area contributed by atoms with Crippen molar-refractivity contribution in [1.82, 2.24) is 9.88 Å². The van der Waals surface area contributed by atoms with Crippen molar-refractivity contribution in [2.45, 2.75) is 50.0 Å². The summed E-state index contributed by atoms with van der Waals surface area (Å²) in [6, 6.07) is 10.1. The normalized spacial score (nSPS) is 16.2. The highest BCUT2D eigenvalue weighted by Gasteiger charge is 2.24. The molecule has 2 aromatic rings. The second-order valence-electron chi connectivity index (χ2n) is 7.66. The maximum absolute atomic E-state index is 12.6. The smallest absolute Gasteiger partial charge is 0.232 e. The number of thioether (sulfide) groups is 1. The van der Waals surface area contributed by atoms with Crippen molar-refractivity contribution in [2.75, 3.05) is 18.8 Å². The second kappa shape index (κ2) is 9.19. The van der Waals surface area contributed by atoms with Gasteiger partial charge in [-0.05, 0) is 68.2 Å². The van der Waals surface area contributed by atoms with Crippen LogP contribution in [0.25, 0.3) is 11.3 Å². The average molecular weight is 426 g/mol. The van der Waals surface area contributed by atoms with E-state index < -0.39 is 0 Å². The minimum absolute atomic E-state index is 0.141. The zero-order valence-electron chi connectivity index (χ0n) is 16.4. The number of halogens is 1. The minimum Gasteiger partial charge on any atom is -0.342 e. The van der Waals surface area contributed by atoms with E-state index in [0.717, 1.165) is 68.4 Å². The first-order valence-electron chi connectivity index (χ1n) is 10.3. The van der Waals surface area contributed by atoms with E-state index in [1.54, 1.807) is 0 Å². The standard InChI is InChI=1S/C23H24ClN3OS/c24-17-8-6-7-16(13-17)22-19-10-3-2-9-18(19)20(14-25)23(26-22)29-15-21(28)27-11-4-1-5-12-27/h6-8,13H,1-5,9-12,15H2. The summed E-state index contributed by atoms with van der Waals surface area (Å²) in [6.07, 6.45) is 7.36. The number of amides is 1. The number of hydrogen-bond acceptors (Lipinski definition) is 4. The van der Waals surface area contributed by atoms with Crippen molar-refractivity contribution in [2.24, 2.45) is 0 Å². The van der Waals surface area contributed by atoms with Crippen LogP contribution in [-0.4, -0.2) is 34.6 Å². The Labute approximate surface area is 181 Å². The molecule has 1 aliphatic heterocycles. The van der Waals surface area contributed by atoms with Crippen LogP contribution >= 0.6 is 23.4 Å². The zero-order chi connectivity index (χ0) is 20.2. The van der Waals surface area contributed by atoms with Gasteiger partial charge in [-0.25, -0.2) is 4.98 Å². The van der Waals surface area contributed by atoms with Gasteiger partial charge in [-0.2, -0.15) is 5.26 Å². The highest BCUT2D eigenvalue weighted by molar-refractivity contribution is 8.00. The Balaban J connectivity index is 1.68. The van der Waals surface area contributed by atoms with Crippen molar-refractivity contribution >= 4 is 29.3 Å². The summed E-state index contributed by atoms with van der Waals surface area (Å²) in [5.41, 5.74) is 4.82. The number of piperidine rings is 1. The molecule has 0 N–H and O–H groups in total. The summed E-state index contributed by atoms with van der Waals surface area (Å²) < 4.78 is 0. The van der Waals surface area contributed by atoms with E-state index in [0.29, 0.717) is 21.4 Å². The number of rotatable bonds is 4. The third-order valence-electron chi connectivity index (χ3n) is 5.73. The zero-order valence-corrected chi connectivity index (χ0v) is 18.0. The fourth-order valence-corrected chi connectivity index (χ4v) is 5.36. The van der Waals surface area contributed by atoms with Crippen LogP contribution in [0.5, 0.6) is 0 Å². The highest BCUT2D eigenvalue weighted by atomic mass is 35.5. The van der Waals surface area contributed by atoms with Gasteiger partial charge in [-0.3, -0.25) is 4.79 Å². The Hall–Kier alpha value is -2.03. The van der Waals surface area contributed by atoms with Crippen molar-refractivity contribution in [3.05, 3.63) is 46.0 Å². The lowest BCUT2D eigenvalue weighted by Gasteiger charge is -2.27. The fourth-order valence-electron chi connectivity index (χ4n) is 4.26. The molecule has 1 saturated heterocycles. The van der Waals surface area contributed by atoms with E-state index >= 15 is 0 Å². The van der Waals surface area contributed by atoms with Crippen molar-refractivity contribution in [3.8, 4) is 17.3 Å². The molecule has 150 valence electrons. The fraction of sp³-hybridized carbons (Fsp3) is 0.435. The van der Waals surface area contributed by atoms with Crippen molar-refractivity contribution in [1.29, 1.82) is 5.26 Å². The van der Waals surface area contributed by atoms with E-state index in [-0.39, 0.29) is 5.91 Å². The lowest BCUT2D eigenvalue weighted by Crippen LogP contribution is -2.36. The molecule has 0 spiro atoms. The van der Waals surface area contributed by atoms with Crippen LogP contribution < -0.4 is 0 Å². The molecule has 29 heavy (non-hydrogen) atoms. The van der Waals surface area contributed by atoms with Crippen LogP contribution in [0, 0.1) is 11.3 Å². The molecule has 4 rings (SSSR count). The van der Waals surface area contributed by atoms with Gasteiger partial charge >= 0.3 is 0 Å². The summed E-state index contributed by atoms with van der Waals surface area (Å²) in [5.74, 6) is 0.470. The maximum Gasteiger partial charge on any atom is 0.232 e. The second-order valence-corrected chi connectivity index (χ2v) is 9.06. The summed E-state index contributed by atoms with van der Waals surface area (Å²) in [7, 11) is 0. The first-order chi connectivity index (χ1) is 14.2. The van der Waals surface area contributed by atoms with E-state index in [1.165, 1.54) is 23.7 Å². The van der Waals surface area contributed by atoms with Crippen LogP contribution in [0.1, 0.15) is 48.8 Å². The van der Waals surface area contributed by atoms with E-state index in [4.69, 9.17) is 16.6 Å². The maximum atomic E-state index is 12.6. The number of likely N-dealkylation sites (tertiary alicyclic amines) is 1. The number of hydrogen-bond donors (Lipinski definition) is 0. The Morgan fingerprint density at radius 2 is 1.90 bits per heavy atom. The molecule has 4 nitrogen and oxygen atoms in total. The van der Waals surface area contributed by atoms with Gasteiger partial charge in [0, 0.05) is 23.7 Å². The molecule has 2 aliphatic rings. The van der Waals surface area contributed by atoms with Gasteiger partial charge in [0.1, 0.15) is 11.1 Å². The predicted molar refractivity (Wildman–Crippen MR) is 117 cm³/mol. The highest BCUT2D eigenvalue weighted by Crippen LogP contribution is 2.37. The largest absolute Gasteiger partial charge is 0.342 e. The van der Waals surface area contributed by atoms with Crippen LogP contribution in [0.3, 0.4) is 0 Å². The average Bonchev–Trinajstić information content (AvgIpc) is 2.77. The van der Waals surface area contributed by atoms with Gasteiger partial charge in [0.25, 0.3) is 0 Å². The molecular formula is C23H24ClN3OS. The van der Waals surface area contributed by atoms with Gasteiger partial charge in [0.05, 0.1) is 17.0 Å². The summed E-state index contributed by atoms with van der Waals surface area (Å²) in [6.45, 7) is 1.69. The number of carbonyl (C=O) groups is 1. The van der Waals surface area contributed by atoms with Gasteiger partial charge in [-0.15, -0.1) is 0 Å². The first kappa shape index (κ1) is 20.3. The lowest BCUT2D eigenvalue weighted by atomic mass is 9.86. The van der Waals surface area contributed by atoms with Crippen molar-refractivity contribution < 1.29 is 4.79 Å². The van der Waals surface area contributed by atoms with E-state index in [1.807, 2.05) is 29.2 Å². The number of nitriles is 1. The van der Waals surface area contributed by atoms with Gasteiger partial charge in [-0.1, -0.05) is 35.5 Å². The van der Waals surface area contributed by atoms with Crippen molar-refractivity contribution in [3.63, 3.8) is 0 Å². The molecule has 0 atom stereocenters. The van der Waals surface area contributed by atoms with E-state index in [9.17, 15) is 10.1 Å². The van der Waals surface area contributed by atoms with Gasteiger partial charge < -0.3 is 4.90 Å². The molecule has 6 heteroatoms. The van der Waals surface area contributed by atoms with Crippen LogP contribution in [0.4, 0.5) is 0 Å². The Morgan fingerprint density at radius 3 is 2.62 bits per heavy atom. The van der Waals surface area contributed by atoms with Gasteiger partial charge in [0.2, 0.25) is 5.91 Å². The molecule has 1 fully saturated rings. The lowest BCUT2D eigenvalue weighted by molar-refractivity contribution is -0.129. The number of pyridine rings is 1. The third-order valence-corrected chi connectivity index (χ3v) is 6.93. The molecule has 1 amide bonds. The summed E-state index contributed by atoms with van der Waals surface area (Å²) in [5, 5.41) is 11.2. The third kappa shape index (κ3) is 4.44. The molecule has 0 bridgehead atoms. The number of aromatic nitrogens is 1. The minimum atomic E-state index is 0.141. The number of benzene rings is 1. The molecule has 0 radical (unpaired) electrons. The molecule has 0 saturated carbocycles. The first-order valence-corrected chi connectivity index (χ1v) is 11.7. The monoisotopic (exact) mass is 425 g/mol. The van der Waals surface area contributed by atoms with Crippen LogP contribution in [0.15, 0.2) is 29.3 Å². The van der Waals surface area contributed by atoms with E-state index in [2.05, 4.69) is 6.07 Å². The van der Waals surface area contributed by atoms with Crippen LogP contribution in [0.2, 0.25) is 5.02 Å². The summed E-state index contributed by atoms with van der Waals surface area (Å²) >= 11 is 7.63. The summed E-state index contributed by atoms with van der Waals surface area (Å²) in [4.78, 5) is 19.5. The molecular weight excluding hydrogens is 402 g/mol. The quantitative estimate of drug-likeness (QED) is 0.627. The Kier molecular flexibility index (Phi) is 6.42. The number of fused-ring (bicyclic) bond motifs is 1. The number of carbonyl (C=O) groups excluding carboxylic acids is 1.